The number of ether oxygens (including phenoxy) is 1. The molecule has 0 atom stereocenters. The fourth-order valence-corrected chi connectivity index (χ4v) is 2.28. The molecule has 1 amide bonds. The third kappa shape index (κ3) is 5.48. The number of aromatic hydroxyl groups is 1. The van der Waals surface area contributed by atoms with Gasteiger partial charge in [0.25, 0.3) is 0 Å². The molecular formula is C18H25N3O4. The quantitative estimate of drug-likeness (QED) is 0.677. The number of nitrogens with zero attached hydrogens (tertiary/aromatic N) is 2. The number of benzene rings is 1. The lowest BCUT2D eigenvalue weighted by atomic mass is 10.1. The molecule has 0 aliphatic heterocycles. The number of amides is 1. The first-order valence-corrected chi connectivity index (χ1v) is 8.49. The molecule has 136 valence electrons. The molecule has 0 saturated heterocycles. The maximum atomic E-state index is 11.4. The summed E-state index contributed by atoms with van der Waals surface area (Å²) in [4.78, 5) is 15.8. The number of nitrogens with one attached hydrogen (secondary N) is 1. The second kappa shape index (κ2) is 9.05. The average Bonchev–Trinajstić information content (AvgIpc) is 3.07. The topological polar surface area (TPSA) is 97.5 Å². The number of hydrogen-bond donors (Lipinski definition) is 2. The van der Waals surface area contributed by atoms with Gasteiger partial charge >= 0.3 is 0 Å². The van der Waals surface area contributed by atoms with Crippen LogP contribution in [0.25, 0.3) is 11.4 Å². The predicted molar refractivity (Wildman–Crippen MR) is 93.4 cm³/mol. The van der Waals surface area contributed by atoms with Gasteiger partial charge in [0.2, 0.25) is 17.6 Å². The molecule has 0 aliphatic carbocycles. The van der Waals surface area contributed by atoms with Gasteiger partial charge < -0.3 is 19.7 Å². The highest BCUT2D eigenvalue weighted by Crippen LogP contribution is 2.30. The molecule has 1 aromatic carbocycles. The molecule has 0 bridgehead atoms. The summed E-state index contributed by atoms with van der Waals surface area (Å²) in [6.07, 6.45) is 3.51. The Hall–Kier alpha value is -2.57. The maximum Gasteiger partial charge on any atom is 0.226 e. The van der Waals surface area contributed by atoms with Crippen LogP contribution in [0.1, 0.15) is 39.0 Å². The Labute approximate surface area is 147 Å². The van der Waals surface area contributed by atoms with Crippen LogP contribution in [0.3, 0.4) is 0 Å². The molecule has 2 N–H and O–H groups in total. The summed E-state index contributed by atoms with van der Waals surface area (Å²) >= 11 is 0. The maximum absolute atomic E-state index is 11.4. The minimum Gasteiger partial charge on any atom is -0.504 e. The van der Waals surface area contributed by atoms with Gasteiger partial charge in [0.05, 0.1) is 7.11 Å². The van der Waals surface area contributed by atoms with E-state index < -0.39 is 0 Å². The summed E-state index contributed by atoms with van der Waals surface area (Å²) < 4.78 is 10.3. The summed E-state index contributed by atoms with van der Waals surface area (Å²) in [6, 6.07) is 4.92. The minimum absolute atomic E-state index is 0.0235. The lowest BCUT2D eigenvalue weighted by molar-refractivity contribution is -0.123. The van der Waals surface area contributed by atoms with E-state index in [9.17, 15) is 9.90 Å². The van der Waals surface area contributed by atoms with Gasteiger partial charge in [-0.05, 0) is 31.0 Å². The molecule has 0 radical (unpaired) electrons. The van der Waals surface area contributed by atoms with Crippen LogP contribution in [0.4, 0.5) is 0 Å². The smallest absolute Gasteiger partial charge is 0.226 e. The summed E-state index contributed by atoms with van der Waals surface area (Å²) in [7, 11) is 1.49. The van der Waals surface area contributed by atoms with E-state index in [2.05, 4.69) is 15.5 Å². The second-order valence-corrected chi connectivity index (χ2v) is 6.15. The number of methoxy groups -OCH3 is 1. The zero-order valence-electron chi connectivity index (χ0n) is 14.9. The van der Waals surface area contributed by atoms with Gasteiger partial charge in [-0.25, -0.2) is 0 Å². The normalized spacial score (nSPS) is 10.9. The molecule has 2 aromatic rings. The van der Waals surface area contributed by atoms with Crippen molar-refractivity contribution in [1.29, 1.82) is 0 Å². The average molecular weight is 347 g/mol. The Balaban J connectivity index is 1.77. The van der Waals surface area contributed by atoms with E-state index in [-0.39, 0.29) is 17.6 Å². The number of rotatable bonds is 9. The summed E-state index contributed by atoms with van der Waals surface area (Å²) in [5.74, 6) is 1.60. The van der Waals surface area contributed by atoms with Crippen LogP contribution in [0, 0.1) is 5.92 Å². The first-order valence-electron chi connectivity index (χ1n) is 8.49. The Bertz CT molecular complexity index is 697. The van der Waals surface area contributed by atoms with Gasteiger partial charge in [-0.1, -0.05) is 25.4 Å². The Morgan fingerprint density at radius 2 is 2.12 bits per heavy atom. The molecule has 25 heavy (non-hydrogen) atoms. The highest BCUT2D eigenvalue weighted by Gasteiger charge is 2.11. The highest BCUT2D eigenvalue weighted by atomic mass is 16.5. The van der Waals surface area contributed by atoms with Gasteiger partial charge in [0.1, 0.15) is 0 Å². The third-order valence-corrected chi connectivity index (χ3v) is 3.80. The van der Waals surface area contributed by atoms with Crippen molar-refractivity contribution in [1.82, 2.24) is 15.5 Å². The van der Waals surface area contributed by atoms with Crippen LogP contribution >= 0.6 is 0 Å². The molecule has 1 heterocycles. The van der Waals surface area contributed by atoms with Crippen molar-refractivity contribution in [3.8, 4) is 22.9 Å². The lowest BCUT2D eigenvalue weighted by Crippen LogP contribution is -2.28. The van der Waals surface area contributed by atoms with Crippen LogP contribution in [0.2, 0.25) is 0 Å². The zero-order chi connectivity index (χ0) is 18.2. The van der Waals surface area contributed by atoms with Crippen LogP contribution in [0.15, 0.2) is 22.7 Å². The van der Waals surface area contributed by atoms with Crippen molar-refractivity contribution in [2.75, 3.05) is 13.7 Å². The van der Waals surface area contributed by atoms with Gasteiger partial charge in [0, 0.05) is 24.4 Å². The summed E-state index contributed by atoms with van der Waals surface area (Å²) in [5.41, 5.74) is 0.723. The SMILES string of the molecule is COc1cc(-c2noc(CCCCCNC(=O)C(C)C)n2)ccc1O. The number of aromatic nitrogens is 2. The number of carbonyl (C=O) groups is 1. The molecule has 0 saturated carbocycles. The fraction of sp³-hybridized carbons (Fsp3) is 0.500. The fourth-order valence-electron chi connectivity index (χ4n) is 2.28. The molecule has 7 heteroatoms. The van der Waals surface area contributed by atoms with Crippen LogP contribution in [-0.4, -0.2) is 34.8 Å². The zero-order valence-corrected chi connectivity index (χ0v) is 14.9. The predicted octanol–water partition coefficient (Wildman–Crippen LogP) is 2.94. The molecule has 0 spiro atoms. The molecule has 0 fully saturated rings. The molecule has 2 rings (SSSR count). The van der Waals surface area contributed by atoms with E-state index in [0.29, 0.717) is 30.4 Å². The molecule has 7 nitrogen and oxygen atoms in total. The third-order valence-electron chi connectivity index (χ3n) is 3.80. The number of phenolic OH excluding ortho intramolecular Hbond substituents is 1. The van der Waals surface area contributed by atoms with E-state index >= 15 is 0 Å². The minimum atomic E-state index is 0.0235. The van der Waals surface area contributed by atoms with Crippen molar-refractivity contribution >= 4 is 5.91 Å². The number of carbonyl (C=O) groups excluding carboxylic acids is 1. The van der Waals surface area contributed by atoms with E-state index in [4.69, 9.17) is 9.26 Å². The number of aryl methyl sites for hydroxylation is 1. The molecule has 0 aliphatic rings. The van der Waals surface area contributed by atoms with Crippen LogP contribution < -0.4 is 10.1 Å². The highest BCUT2D eigenvalue weighted by molar-refractivity contribution is 5.77. The van der Waals surface area contributed by atoms with Crippen LogP contribution in [-0.2, 0) is 11.2 Å². The van der Waals surface area contributed by atoms with E-state index in [1.165, 1.54) is 13.2 Å². The largest absolute Gasteiger partial charge is 0.504 e. The number of phenols is 1. The number of unbranched alkanes of at least 4 members (excludes halogenated alkanes) is 2. The Morgan fingerprint density at radius 3 is 2.84 bits per heavy atom. The molecule has 0 unspecified atom stereocenters. The summed E-state index contributed by atoms with van der Waals surface area (Å²) in [5, 5.41) is 16.5. The van der Waals surface area contributed by atoms with Gasteiger partial charge in [0.15, 0.2) is 11.5 Å². The molecule has 1 aromatic heterocycles. The van der Waals surface area contributed by atoms with E-state index in [1.54, 1.807) is 12.1 Å². The van der Waals surface area contributed by atoms with Crippen molar-refractivity contribution in [3.05, 3.63) is 24.1 Å². The van der Waals surface area contributed by atoms with Crippen molar-refractivity contribution < 1.29 is 19.2 Å². The van der Waals surface area contributed by atoms with E-state index in [1.807, 2.05) is 13.8 Å². The second-order valence-electron chi connectivity index (χ2n) is 6.15. The van der Waals surface area contributed by atoms with Gasteiger partial charge in [-0.3, -0.25) is 4.79 Å². The van der Waals surface area contributed by atoms with Crippen molar-refractivity contribution in [2.24, 2.45) is 5.92 Å². The lowest BCUT2D eigenvalue weighted by Gasteiger charge is -2.06. The summed E-state index contributed by atoms with van der Waals surface area (Å²) in [6.45, 7) is 4.46. The molecular weight excluding hydrogens is 322 g/mol. The van der Waals surface area contributed by atoms with Gasteiger partial charge in [-0.15, -0.1) is 0 Å². The van der Waals surface area contributed by atoms with Crippen LogP contribution in [0.5, 0.6) is 11.5 Å². The first-order chi connectivity index (χ1) is 12.0. The van der Waals surface area contributed by atoms with Crippen molar-refractivity contribution in [2.45, 2.75) is 39.5 Å². The Morgan fingerprint density at radius 1 is 1.32 bits per heavy atom. The monoisotopic (exact) mass is 347 g/mol. The van der Waals surface area contributed by atoms with Crippen molar-refractivity contribution in [3.63, 3.8) is 0 Å². The Kier molecular flexibility index (Phi) is 6.80. The van der Waals surface area contributed by atoms with E-state index in [0.717, 1.165) is 24.8 Å². The van der Waals surface area contributed by atoms with Gasteiger partial charge in [-0.2, -0.15) is 4.98 Å². The first kappa shape index (κ1) is 18.8. The standard InChI is InChI=1S/C18H25N3O4/c1-12(2)18(23)19-10-6-4-5-7-16-20-17(21-25-16)13-8-9-14(22)15(11-13)24-3/h8-9,11-12,22H,4-7,10H2,1-3H3,(H,19,23). The number of hydrogen-bond acceptors (Lipinski definition) is 6.